The summed E-state index contributed by atoms with van der Waals surface area (Å²) in [6.07, 6.45) is -0.0418. The highest BCUT2D eigenvalue weighted by molar-refractivity contribution is 5.68. The molecule has 1 aliphatic carbocycles. The Hall–Kier alpha value is -2.18. The van der Waals surface area contributed by atoms with Gasteiger partial charge in [-0.25, -0.2) is 22.8 Å². The van der Waals surface area contributed by atoms with Gasteiger partial charge in [0.05, 0.1) is 6.04 Å². The lowest BCUT2D eigenvalue weighted by Gasteiger charge is -2.10. The minimum atomic E-state index is -2.25. The molecule has 2 aromatic rings. The van der Waals surface area contributed by atoms with Crippen molar-refractivity contribution in [2.45, 2.75) is 51.2 Å². The van der Waals surface area contributed by atoms with Crippen molar-refractivity contribution in [3.8, 4) is 0 Å². The highest BCUT2D eigenvalue weighted by Crippen LogP contribution is 2.40. The topological polar surface area (TPSA) is 47.8 Å². The van der Waals surface area contributed by atoms with Gasteiger partial charge in [-0.15, -0.1) is 5.10 Å². The average molecular weight is 339 g/mol. The molecule has 1 aliphatic heterocycles. The Morgan fingerprint density at radius 1 is 1.21 bits per heavy atom. The number of carbonyl (C=O) groups is 1. The third-order valence-corrected chi connectivity index (χ3v) is 3.60. The smallest absolute Gasteiger partial charge is 0.248 e. The Balaban J connectivity index is 0.000000252. The van der Waals surface area contributed by atoms with Gasteiger partial charge >= 0.3 is 0 Å². The minimum Gasteiger partial charge on any atom is -0.294 e. The zero-order valence-corrected chi connectivity index (χ0v) is 13.6. The first-order valence-electron chi connectivity index (χ1n) is 7.98. The maximum atomic E-state index is 13.8. The van der Waals surface area contributed by atoms with Crippen molar-refractivity contribution in [3.05, 3.63) is 47.5 Å². The van der Waals surface area contributed by atoms with E-state index in [1.54, 1.807) is 0 Å². The molecule has 0 radical (unpaired) electrons. The lowest BCUT2D eigenvalue weighted by Crippen LogP contribution is -2.07. The van der Waals surface area contributed by atoms with E-state index in [0.717, 1.165) is 5.56 Å². The molecule has 4 nitrogen and oxygen atoms in total. The van der Waals surface area contributed by atoms with Gasteiger partial charge in [-0.2, -0.15) is 0 Å². The van der Waals surface area contributed by atoms with E-state index in [0.29, 0.717) is 12.7 Å². The van der Waals surface area contributed by atoms with E-state index in [4.69, 9.17) is 0 Å². The fourth-order valence-electron chi connectivity index (χ4n) is 2.29. The predicted octanol–water partition coefficient (Wildman–Crippen LogP) is 4.54. The number of aldehydes is 1. The first-order chi connectivity index (χ1) is 11.5. The van der Waals surface area contributed by atoms with E-state index in [2.05, 4.69) is 10.1 Å². The van der Waals surface area contributed by atoms with Crippen LogP contribution in [0.15, 0.2) is 30.3 Å². The molecular weight excluding hydrogens is 319 g/mol. The molecule has 1 saturated carbocycles. The first kappa shape index (κ1) is 18.2. The molecule has 7 heteroatoms. The summed E-state index contributed by atoms with van der Waals surface area (Å²) in [6.45, 7) is 4.00. The number of rotatable bonds is 2. The van der Waals surface area contributed by atoms with Crippen molar-refractivity contribution in [1.29, 1.82) is 0 Å². The van der Waals surface area contributed by atoms with Gasteiger partial charge in [0.2, 0.25) is 11.7 Å². The van der Waals surface area contributed by atoms with Crippen LogP contribution in [0, 0.1) is 0 Å². The summed E-state index contributed by atoms with van der Waals surface area (Å²) in [4.78, 5) is 14.5. The summed E-state index contributed by atoms with van der Waals surface area (Å²) < 4.78 is 37.5. The van der Waals surface area contributed by atoms with Crippen LogP contribution in [-0.4, -0.2) is 27.0 Å². The van der Waals surface area contributed by atoms with E-state index < -0.39 is 12.1 Å². The molecular formula is C17H20F3N3O. The van der Waals surface area contributed by atoms with Crippen LogP contribution in [0.5, 0.6) is 0 Å². The van der Waals surface area contributed by atoms with Gasteiger partial charge in [0.15, 0.2) is 18.3 Å². The van der Waals surface area contributed by atoms with Crippen LogP contribution in [0.2, 0.25) is 0 Å². The Bertz CT molecular complexity index is 667. The maximum Gasteiger partial charge on any atom is 0.248 e. The average Bonchev–Trinajstić information content (AvgIpc) is 3.02. The molecule has 130 valence electrons. The number of hydrogen-bond acceptors (Lipinski definition) is 3. The molecule has 0 N–H and O–H groups in total. The zero-order valence-electron chi connectivity index (χ0n) is 13.6. The predicted molar refractivity (Wildman–Crippen MR) is 84.0 cm³/mol. The van der Waals surface area contributed by atoms with Gasteiger partial charge in [-0.05, 0) is 5.56 Å². The molecule has 2 aliphatic rings. The number of benzene rings is 1. The highest BCUT2D eigenvalue weighted by atomic mass is 19.3. The molecule has 1 fully saturated rings. The largest absolute Gasteiger partial charge is 0.294 e. The molecule has 1 aromatic carbocycles. The lowest BCUT2D eigenvalue weighted by molar-refractivity contribution is 0.111. The first-order valence-corrected chi connectivity index (χ1v) is 7.98. The van der Waals surface area contributed by atoms with E-state index in [-0.39, 0.29) is 30.5 Å². The van der Waals surface area contributed by atoms with Crippen LogP contribution >= 0.6 is 0 Å². The van der Waals surface area contributed by atoms with Crippen molar-refractivity contribution in [2.75, 3.05) is 0 Å². The molecule has 0 spiro atoms. The van der Waals surface area contributed by atoms with E-state index in [9.17, 15) is 18.0 Å². The lowest BCUT2D eigenvalue weighted by atomic mass is 10.0. The number of fused-ring (bicyclic) bond motifs is 1. The van der Waals surface area contributed by atoms with Gasteiger partial charge in [0.1, 0.15) is 0 Å². The third-order valence-electron chi connectivity index (χ3n) is 3.60. The van der Waals surface area contributed by atoms with Gasteiger partial charge in [-0.1, -0.05) is 44.2 Å². The van der Waals surface area contributed by atoms with Crippen LogP contribution in [0.4, 0.5) is 13.2 Å². The van der Waals surface area contributed by atoms with Crippen molar-refractivity contribution in [2.24, 2.45) is 0 Å². The minimum absolute atomic E-state index is 0.0447. The van der Waals surface area contributed by atoms with Gasteiger partial charge in [0, 0.05) is 19.3 Å². The summed E-state index contributed by atoms with van der Waals surface area (Å²) in [6, 6.07) is 9.40. The van der Waals surface area contributed by atoms with Crippen molar-refractivity contribution < 1.29 is 18.0 Å². The van der Waals surface area contributed by atoms with Crippen LogP contribution in [0.25, 0.3) is 0 Å². The van der Waals surface area contributed by atoms with Crippen molar-refractivity contribution in [3.63, 3.8) is 0 Å². The summed E-state index contributed by atoms with van der Waals surface area (Å²) >= 11 is 0. The Kier molecular flexibility index (Phi) is 5.75. The number of carbonyl (C=O) groups excluding carboxylic acids is 1. The third kappa shape index (κ3) is 4.21. The molecule has 2 unspecified atom stereocenters. The zero-order chi connectivity index (χ0) is 17.7. The van der Waals surface area contributed by atoms with Gasteiger partial charge in [0.25, 0.3) is 0 Å². The normalized spacial score (nSPS) is 22.4. The number of hydrogen-bond donors (Lipinski definition) is 0. The van der Waals surface area contributed by atoms with Gasteiger partial charge < -0.3 is 0 Å². The summed E-state index contributed by atoms with van der Waals surface area (Å²) in [5.74, 6) is -1.95. The standard InChI is InChI=1S/C12H10FN3O.C3H4F2.C2H6/c13-9-6-10(8-4-2-1-3-5-8)16-12(9)14-11(7-17)15-16;4-3(5)1-2-3;1-2/h1-5,7,9-10H,6H2;1-2H2;1-2H3. The molecule has 4 rings (SSSR count). The monoisotopic (exact) mass is 339 g/mol. The Morgan fingerprint density at radius 3 is 2.29 bits per heavy atom. The summed E-state index contributed by atoms with van der Waals surface area (Å²) in [5.41, 5.74) is 0.983. The second kappa shape index (κ2) is 7.59. The molecule has 1 aromatic heterocycles. The molecule has 0 bridgehead atoms. The van der Waals surface area contributed by atoms with Crippen LogP contribution < -0.4 is 0 Å². The van der Waals surface area contributed by atoms with Gasteiger partial charge in [-0.3, -0.25) is 4.79 Å². The number of halogens is 3. The molecule has 2 atom stereocenters. The fourth-order valence-corrected chi connectivity index (χ4v) is 2.29. The number of nitrogens with zero attached hydrogens (tertiary/aromatic N) is 3. The van der Waals surface area contributed by atoms with E-state index in [1.165, 1.54) is 4.68 Å². The SMILES string of the molecule is CC.FC1(F)CC1.O=Cc1nc2n(n1)C(c1ccccc1)CC2F. The van der Waals surface area contributed by atoms with Crippen LogP contribution in [-0.2, 0) is 0 Å². The van der Waals surface area contributed by atoms with Crippen LogP contribution in [0.1, 0.15) is 67.3 Å². The second-order valence-electron chi connectivity index (χ2n) is 5.38. The summed E-state index contributed by atoms with van der Waals surface area (Å²) in [7, 11) is 0. The fraction of sp³-hybridized carbons (Fsp3) is 0.471. The number of aromatic nitrogens is 3. The quantitative estimate of drug-likeness (QED) is 0.755. The van der Waals surface area contributed by atoms with E-state index >= 15 is 0 Å². The van der Waals surface area contributed by atoms with E-state index in [1.807, 2.05) is 44.2 Å². The molecule has 24 heavy (non-hydrogen) atoms. The van der Waals surface area contributed by atoms with Crippen molar-refractivity contribution in [1.82, 2.24) is 14.8 Å². The second-order valence-corrected chi connectivity index (χ2v) is 5.38. The molecule has 2 heterocycles. The Morgan fingerprint density at radius 2 is 1.79 bits per heavy atom. The summed E-state index contributed by atoms with van der Waals surface area (Å²) in [5, 5.41) is 4.01. The Labute approximate surface area is 138 Å². The maximum absolute atomic E-state index is 13.8. The van der Waals surface area contributed by atoms with Crippen LogP contribution in [0.3, 0.4) is 0 Å². The number of alkyl halides is 3. The molecule has 0 amide bonds. The molecule has 0 saturated heterocycles. The highest BCUT2D eigenvalue weighted by Gasteiger charge is 2.43. The van der Waals surface area contributed by atoms with Crippen molar-refractivity contribution >= 4 is 6.29 Å².